The summed E-state index contributed by atoms with van der Waals surface area (Å²) in [6, 6.07) is 18.4. The Morgan fingerprint density at radius 1 is 0.927 bits per heavy atom. The van der Waals surface area contributed by atoms with Crippen LogP contribution >= 0.6 is 0 Å². The van der Waals surface area contributed by atoms with Crippen molar-refractivity contribution in [1.29, 1.82) is 0 Å². The molecule has 0 radical (unpaired) electrons. The summed E-state index contributed by atoms with van der Waals surface area (Å²) in [7, 11) is 0. The number of nitrogens with one attached hydrogen (secondary N) is 4. The Kier molecular flexibility index (Phi) is 10.9. The largest absolute Gasteiger partial charge is 0.465 e. The predicted octanol–water partition coefficient (Wildman–Crippen LogP) is 7.28. The van der Waals surface area contributed by atoms with Crippen molar-refractivity contribution < 1.29 is 38.2 Å². The van der Waals surface area contributed by atoms with Gasteiger partial charge in [0.05, 0.1) is 11.8 Å². The number of likely N-dealkylation sites (tertiary alicyclic amines) is 2. The second kappa shape index (κ2) is 15.4. The van der Waals surface area contributed by atoms with E-state index in [1.54, 1.807) is 80.6 Å². The summed E-state index contributed by atoms with van der Waals surface area (Å²) >= 11 is 0. The lowest BCUT2D eigenvalue weighted by molar-refractivity contribution is -0.138. The van der Waals surface area contributed by atoms with Crippen molar-refractivity contribution in [2.45, 2.75) is 84.0 Å². The Balaban J connectivity index is 1.16. The monoisotopic (exact) mass is 754 g/mol. The second-order valence-corrected chi connectivity index (χ2v) is 15.4. The molecule has 4 aromatic rings. The summed E-state index contributed by atoms with van der Waals surface area (Å²) in [5.74, 6) is -1.82. The molecule has 6 rings (SSSR count). The molecular formula is C41H47FN6O7. The van der Waals surface area contributed by atoms with Crippen molar-refractivity contribution in [3.8, 4) is 11.3 Å². The van der Waals surface area contributed by atoms with E-state index in [0.29, 0.717) is 60.2 Å². The fourth-order valence-corrected chi connectivity index (χ4v) is 7.82. The molecule has 3 aromatic carbocycles. The first-order chi connectivity index (χ1) is 26.1. The SMILES string of the molecule is CC(C)OC(=O)N[C@@H](C(=O)N1CCC[C@H]1C(=O)Nc1ccc(-c2[nH]c3ccc(NC(=O)[C@@]4(C(C)(C)C)CCCN4C(=O)O)cc3c2F)cc1)c1ccccc1. The minimum Gasteiger partial charge on any atom is -0.465 e. The van der Waals surface area contributed by atoms with Gasteiger partial charge in [-0.1, -0.05) is 63.2 Å². The molecule has 2 fully saturated rings. The number of alkyl carbamates (subject to hydrolysis) is 1. The number of carbonyl (C=O) groups is 5. The fourth-order valence-electron chi connectivity index (χ4n) is 7.82. The van der Waals surface area contributed by atoms with Gasteiger partial charge in [0, 0.05) is 40.9 Å². The Hall–Kier alpha value is -5.92. The lowest BCUT2D eigenvalue weighted by Gasteiger charge is -2.45. The Morgan fingerprint density at radius 2 is 1.62 bits per heavy atom. The van der Waals surface area contributed by atoms with Gasteiger partial charge in [0.1, 0.15) is 17.6 Å². The minimum atomic E-state index is -1.29. The van der Waals surface area contributed by atoms with Crippen LogP contribution in [-0.2, 0) is 19.1 Å². The van der Waals surface area contributed by atoms with Gasteiger partial charge in [-0.05, 0) is 80.8 Å². The quantitative estimate of drug-likeness (QED) is 0.119. The van der Waals surface area contributed by atoms with Gasteiger partial charge in [-0.3, -0.25) is 19.3 Å². The number of benzene rings is 3. The average molecular weight is 755 g/mol. The Labute approximate surface area is 318 Å². The number of aromatic amines is 1. The third-order valence-electron chi connectivity index (χ3n) is 10.5. The molecule has 0 aliphatic carbocycles. The molecule has 0 spiro atoms. The van der Waals surface area contributed by atoms with Crippen LogP contribution in [0.5, 0.6) is 0 Å². The molecule has 0 unspecified atom stereocenters. The van der Waals surface area contributed by atoms with E-state index >= 15 is 4.39 Å². The molecule has 3 atom stereocenters. The number of nitrogens with zero attached hydrogens (tertiary/aromatic N) is 2. The van der Waals surface area contributed by atoms with Gasteiger partial charge in [0.25, 0.3) is 11.8 Å². The zero-order chi connectivity index (χ0) is 39.7. The highest BCUT2D eigenvalue weighted by Crippen LogP contribution is 2.45. The van der Waals surface area contributed by atoms with E-state index in [4.69, 9.17) is 4.74 Å². The van der Waals surface area contributed by atoms with Gasteiger partial charge in [-0.2, -0.15) is 0 Å². The number of ether oxygens (including phenoxy) is 1. The average Bonchev–Trinajstić information content (AvgIpc) is 3.89. The maximum Gasteiger partial charge on any atom is 0.408 e. The summed E-state index contributed by atoms with van der Waals surface area (Å²) in [5, 5.41) is 18.5. The highest BCUT2D eigenvalue weighted by molar-refractivity contribution is 6.03. The van der Waals surface area contributed by atoms with E-state index in [9.17, 15) is 29.1 Å². The van der Waals surface area contributed by atoms with Crippen LogP contribution < -0.4 is 16.0 Å². The molecular weight excluding hydrogens is 707 g/mol. The lowest BCUT2D eigenvalue weighted by Crippen LogP contribution is -2.62. The Morgan fingerprint density at radius 3 is 2.27 bits per heavy atom. The van der Waals surface area contributed by atoms with E-state index < -0.39 is 52.9 Å². The molecule has 5 amide bonds. The summed E-state index contributed by atoms with van der Waals surface area (Å²) in [6.07, 6.45) is -0.324. The van der Waals surface area contributed by atoms with E-state index in [-0.39, 0.29) is 29.6 Å². The minimum absolute atomic E-state index is 0.207. The van der Waals surface area contributed by atoms with Crippen molar-refractivity contribution in [2.75, 3.05) is 23.7 Å². The van der Waals surface area contributed by atoms with Crippen LogP contribution in [-0.4, -0.2) is 80.6 Å². The van der Waals surface area contributed by atoms with Crippen LogP contribution in [0.25, 0.3) is 22.2 Å². The number of fused-ring (bicyclic) bond motifs is 1. The lowest BCUT2D eigenvalue weighted by atomic mass is 9.71. The first kappa shape index (κ1) is 38.8. The van der Waals surface area contributed by atoms with Gasteiger partial charge in [-0.25, -0.2) is 14.0 Å². The first-order valence-corrected chi connectivity index (χ1v) is 18.5. The van der Waals surface area contributed by atoms with E-state index in [1.807, 2.05) is 20.8 Å². The van der Waals surface area contributed by atoms with Gasteiger partial charge >= 0.3 is 12.2 Å². The van der Waals surface area contributed by atoms with Crippen molar-refractivity contribution in [3.05, 3.63) is 84.2 Å². The van der Waals surface area contributed by atoms with Gasteiger partial charge in [0.2, 0.25) is 5.91 Å². The van der Waals surface area contributed by atoms with E-state index in [2.05, 4.69) is 20.9 Å². The topological polar surface area (TPSA) is 173 Å². The molecule has 14 heteroatoms. The van der Waals surface area contributed by atoms with Crippen molar-refractivity contribution >= 4 is 52.2 Å². The molecule has 290 valence electrons. The van der Waals surface area contributed by atoms with Gasteiger partial charge in [0.15, 0.2) is 5.82 Å². The number of carboxylic acid groups (broad SMARTS) is 1. The molecule has 0 saturated carbocycles. The van der Waals surface area contributed by atoms with Crippen LogP contribution in [0.3, 0.4) is 0 Å². The molecule has 2 aliphatic rings. The molecule has 2 aliphatic heterocycles. The van der Waals surface area contributed by atoms with Crippen molar-refractivity contribution in [3.63, 3.8) is 0 Å². The van der Waals surface area contributed by atoms with Crippen LogP contribution in [0, 0.1) is 11.2 Å². The van der Waals surface area contributed by atoms with Crippen LogP contribution in [0.4, 0.5) is 25.4 Å². The summed E-state index contributed by atoms with van der Waals surface area (Å²) in [5.41, 5.74) is 0.564. The van der Waals surface area contributed by atoms with Gasteiger partial charge in [-0.15, -0.1) is 0 Å². The number of H-pyrrole nitrogens is 1. The second-order valence-electron chi connectivity index (χ2n) is 15.4. The third-order valence-corrected chi connectivity index (χ3v) is 10.5. The van der Waals surface area contributed by atoms with E-state index in [1.165, 1.54) is 15.9 Å². The predicted molar refractivity (Wildman–Crippen MR) is 206 cm³/mol. The highest BCUT2D eigenvalue weighted by atomic mass is 19.1. The number of anilines is 2. The summed E-state index contributed by atoms with van der Waals surface area (Å²) in [4.78, 5) is 71.6. The molecule has 3 heterocycles. The fraction of sp³-hybridized carbons (Fsp3) is 0.390. The molecule has 13 nitrogen and oxygen atoms in total. The standard InChI is InChI=1S/C41H47FN6O7/c1-24(2)55-38(52)46-34(25-11-7-6-8-12-25)36(50)47-21-9-13-31(47)35(49)43-27-16-14-26(15-17-27)33-32(42)29-23-28(18-19-30(29)45-33)44-37(51)41(40(3,4)5)20-10-22-48(41)39(53)54/h6-8,11-12,14-19,23-24,31,34,45H,9-10,13,20-22H2,1-5H3,(H,43,49)(H,44,51)(H,46,52)(H,53,54)/t31-,34+,41+/m0/s1. The summed E-state index contributed by atoms with van der Waals surface area (Å²) in [6.45, 7) is 9.52. The molecule has 5 N–H and O–H groups in total. The van der Waals surface area contributed by atoms with Crippen LogP contribution in [0.2, 0.25) is 0 Å². The van der Waals surface area contributed by atoms with Crippen molar-refractivity contribution in [2.24, 2.45) is 5.41 Å². The number of halogens is 1. The number of amides is 5. The van der Waals surface area contributed by atoms with Gasteiger partial charge < -0.3 is 35.7 Å². The smallest absolute Gasteiger partial charge is 0.408 e. The van der Waals surface area contributed by atoms with E-state index in [0.717, 1.165) is 0 Å². The normalized spacial score (nSPS) is 19.0. The number of hydrogen-bond acceptors (Lipinski definition) is 6. The number of hydrogen-bond donors (Lipinski definition) is 5. The molecule has 2 saturated heterocycles. The van der Waals surface area contributed by atoms with Crippen LogP contribution in [0.1, 0.15) is 71.9 Å². The zero-order valence-electron chi connectivity index (χ0n) is 31.6. The van der Waals surface area contributed by atoms with Crippen LogP contribution in [0.15, 0.2) is 72.8 Å². The molecule has 0 bridgehead atoms. The number of carbonyl (C=O) groups excluding carboxylic acids is 4. The summed E-state index contributed by atoms with van der Waals surface area (Å²) < 4.78 is 21.2. The third kappa shape index (κ3) is 7.71. The molecule has 1 aromatic heterocycles. The van der Waals surface area contributed by atoms with Crippen molar-refractivity contribution in [1.82, 2.24) is 20.1 Å². The number of aromatic nitrogens is 1. The maximum absolute atomic E-state index is 16.0. The zero-order valence-corrected chi connectivity index (χ0v) is 31.6. The maximum atomic E-state index is 16.0. The molecule has 55 heavy (non-hydrogen) atoms. The number of rotatable bonds is 9. The first-order valence-electron chi connectivity index (χ1n) is 18.5. The highest BCUT2D eigenvalue weighted by Gasteiger charge is 2.57. The Bertz CT molecular complexity index is 2100.